The Morgan fingerprint density at radius 2 is 1.25 bits per heavy atom. The van der Waals surface area contributed by atoms with Crippen molar-refractivity contribution in [2.75, 3.05) is 0 Å². The van der Waals surface area contributed by atoms with Gasteiger partial charge in [0.15, 0.2) is 0 Å². The molecule has 0 atom stereocenters. The summed E-state index contributed by atoms with van der Waals surface area (Å²) in [5, 5.41) is 3.64. The Labute approximate surface area is 458 Å². The zero-order valence-electron chi connectivity index (χ0n) is 50.6. The van der Waals surface area contributed by atoms with E-state index in [0.29, 0.717) is 22.4 Å². The third-order valence-electron chi connectivity index (χ3n) is 13.8. The fourth-order valence-electron chi connectivity index (χ4n) is 9.77. The molecule has 0 unspecified atom stereocenters. The summed E-state index contributed by atoms with van der Waals surface area (Å²) in [7, 11) is -1.40. The maximum atomic E-state index is 7.82. The van der Waals surface area contributed by atoms with E-state index < -0.39 is 21.8 Å². The van der Waals surface area contributed by atoms with Gasteiger partial charge in [-0.15, -0.1) is 53.1 Å². The Balaban J connectivity index is 0.000000242. The molecule has 1 radical (unpaired) electrons. The molecule has 4 nitrogen and oxygen atoms in total. The van der Waals surface area contributed by atoms with E-state index in [0.717, 1.165) is 49.9 Å². The largest absolute Gasteiger partial charge is 0.501 e. The number of imidazole rings is 1. The van der Waals surface area contributed by atoms with Crippen molar-refractivity contribution in [3.05, 3.63) is 191 Å². The van der Waals surface area contributed by atoms with Crippen molar-refractivity contribution in [1.82, 2.24) is 14.5 Å². The van der Waals surface area contributed by atoms with E-state index >= 15 is 0 Å². The zero-order valence-corrected chi connectivity index (χ0v) is 48.0. The zero-order chi connectivity index (χ0) is 56.4. The summed E-state index contributed by atoms with van der Waals surface area (Å²) in [4.78, 5) is 9.71. The van der Waals surface area contributed by atoms with Crippen molar-refractivity contribution in [3.8, 4) is 50.6 Å². The molecule has 0 spiro atoms. The Morgan fingerprint density at radius 1 is 0.630 bits per heavy atom. The van der Waals surface area contributed by atoms with Crippen LogP contribution >= 0.6 is 0 Å². The van der Waals surface area contributed by atoms with Crippen LogP contribution in [0.1, 0.15) is 123 Å². The van der Waals surface area contributed by atoms with E-state index in [1.165, 1.54) is 51.0 Å². The van der Waals surface area contributed by atoms with E-state index in [1.54, 1.807) is 6.07 Å². The van der Waals surface area contributed by atoms with Crippen molar-refractivity contribution >= 4 is 46.2 Å². The second-order valence-corrected chi connectivity index (χ2v) is 28.0. The van der Waals surface area contributed by atoms with E-state index in [-0.39, 0.29) is 53.9 Å². The van der Waals surface area contributed by atoms with Crippen LogP contribution in [-0.2, 0) is 30.9 Å². The molecule has 0 aliphatic carbocycles. The number of pyridine rings is 1. The first-order valence-corrected chi connectivity index (χ1v) is 28.8. The molecule has 3 heterocycles. The SMILES string of the molecule is CC(C)c1cc(-c2ccc([Si](C)(C)C)cc2)cc(C(C)C)c1-n1c(-c2[c-]ccc3c2oc2cc(-c4ccccc4)ccc23)nc2ccccc21.[2H]C([2H])([2H])c1c[c-]c(-c2cc(C(C)(C)C)c(C([2H])([2H])[2H])cn2)cc1C(C)(C)C.[Ir]. The number of hydrogen-bond donors (Lipinski definition) is 0. The quantitative estimate of drug-likeness (QED) is 0.112. The first-order chi connectivity index (χ1) is 36.5. The standard InChI is InChI=1S/C46H43N2OSi.C21H28N.Ir/c1-29(2)39-26-34(32-20-23-35(24-21-32)50(5,6)7)27-40(30(3)4)44(39)48-42-19-12-11-18-41(42)47-46(48)38-17-13-16-37-36-25-22-33(28-43(36)49-45(37)38)31-14-9-8-10-15-31;1-14-9-10-16(11-17(14)20(3,4)5)19-12-18(21(6,7)8)15(2)13-22-19;/h8-16,18-30H,1-7H3;9,11-13H,1-8H3;/q2*-1;/i;1D3,2D3;. The Bertz CT molecular complexity index is 3730. The van der Waals surface area contributed by atoms with Crippen LogP contribution < -0.4 is 5.19 Å². The van der Waals surface area contributed by atoms with Gasteiger partial charge in [-0.1, -0.05) is 197 Å². The van der Waals surface area contributed by atoms with Crippen molar-refractivity contribution < 1.29 is 32.7 Å². The van der Waals surface area contributed by atoms with E-state index in [4.69, 9.17) is 17.6 Å². The van der Waals surface area contributed by atoms with Gasteiger partial charge >= 0.3 is 0 Å². The molecule has 73 heavy (non-hydrogen) atoms. The average Bonchev–Trinajstić information content (AvgIpc) is 4.13. The van der Waals surface area contributed by atoms with Gasteiger partial charge in [0.1, 0.15) is 5.58 Å². The minimum Gasteiger partial charge on any atom is -0.501 e. The number of aryl methyl sites for hydroxylation is 2. The van der Waals surface area contributed by atoms with Gasteiger partial charge in [-0.25, -0.2) is 0 Å². The van der Waals surface area contributed by atoms with Crippen LogP contribution in [0.3, 0.4) is 0 Å². The summed E-state index contributed by atoms with van der Waals surface area (Å²) in [5.74, 6) is 1.40. The molecule has 6 heteroatoms. The number of para-hydroxylation sites is 2. The van der Waals surface area contributed by atoms with E-state index in [9.17, 15) is 0 Å². The number of benzene rings is 7. The third kappa shape index (κ3) is 10.8. The van der Waals surface area contributed by atoms with Crippen molar-refractivity contribution in [1.29, 1.82) is 0 Å². The molecule has 0 saturated carbocycles. The number of furan rings is 1. The van der Waals surface area contributed by atoms with Gasteiger partial charge < -0.3 is 14.0 Å². The summed E-state index contributed by atoms with van der Waals surface area (Å²) >= 11 is 0. The van der Waals surface area contributed by atoms with Gasteiger partial charge in [-0.3, -0.25) is 4.98 Å². The number of hydrogen-bond acceptors (Lipinski definition) is 3. The molecule has 3 aromatic heterocycles. The van der Waals surface area contributed by atoms with E-state index in [2.05, 4.69) is 178 Å². The molecule has 0 N–H and O–H groups in total. The van der Waals surface area contributed by atoms with Gasteiger partial charge in [0.25, 0.3) is 0 Å². The van der Waals surface area contributed by atoms with Crippen molar-refractivity contribution in [2.45, 2.75) is 125 Å². The number of aromatic nitrogens is 3. The molecular formula is C67H71IrN3OSi-2. The van der Waals surface area contributed by atoms with Gasteiger partial charge in [0, 0.05) is 45.6 Å². The molecule has 0 saturated heterocycles. The van der Waals surface area contributed by atoms with Gasteiger partial charge in [0.05, 0.1) is 30.5 Å². The number of fused-ring (bicyclic) bond motifs is 4. The monoisotopic (exact) mass is 1160 g/mol. The van der Waals surface area contributed by atoms with Crippen LogP contribution in [0.25, 0.3) is 83.6 Å². The summed E-state index contributed by atoms with van der Waals surface area (Å²) in [6.07, 6.45) is 1.41. The molecule has 7 aromatic carbocycles. The minimum atomic E-state index is -2.25. The summed E-state index contributed by atoms with van der Waals surface area (Å²) in [5.41, 5.74) is 15.6. The number of nitrogens with zero attached hydrogens (tertiary/aromatic N) is 3. The molecule has 375 valence electrons. The molecule has 0 bridgehead atoms. The van der Waals surface area contributed by atoms with Crippen LogP contribution in [0.5, 0.6) is 0 Å². The second-order valence-electron chi connectivity index (χ2n) is 23.0. The normalized spacial score (nSPS) is 13.7. The Hall–Kier alpha value is -6.17. The maximum Gasteiger partial charge on any atom is 0.121 e. The summed E-state index contributed by atoms with van der Waals surface area (Å²) in [6, 6.07) is 55.5. The molecule has 0 amide bonds. The fraction of sp³-hybridized carbons (Fsp3) is 0.284. The Kier molecular flexibility index (Phi) is 12.8. The predicted molar refractivity (Wildman–Crippen MR) is 310 cm³/mol. The van der Waals surface area contributed by atoms with Gasteiger partial charge in [0.2, 0.25) is 0 Å². The first-order valence-electron chi connectivity index (χ1n) is 28.3. The molecule has 0 fully saturated rings. The van der Waals surface area contributed by atoms with Gasteiger partial charge in [-0.05, 0) is 110 Å². The predicted octanol–water partition coefficient (Wildman–Crippen LogP) is 18.3. The molecular weight excluding hydrogens is 1080 g/mol. The van der Waals surface area contributed by atoms with Crippen LogP contribution in [0.15, 0.2) is 150 Å². The van der Waals surface area contributed by atoms with Crippen LogP contribution in [0, 0.1) is 25.8 Å². The van der Waals surface area contributed by atoms with Crippen LogP contribution in [0.4, 0.5) is 0 Å². The van der Waals surface area contributed by atoms with Crippen LogP contribution in [0.2, 0.25) is 19.6 Å². The summed E-state index contributed by atoms with van der Waals surface area (Å²) in [6.45, 7) is 23.7. The topological polar surface area (TPSA) is 43.9 Å². The van der Waals surface area contributed by atoms with E-state index in [1.807, 2.05) is 59.7 Å². The van der Waals surface area contributed by atoms with Gasteiger partial charge in [-0.2, -0.15) is 0 Å². The molecule has 10 rings (SSSR count). The minimum absolute atomic E-state index is 0. The molecule has 0 aliphatic heterocycles. The van der Waals surface area contributed by atoms with Crippen molar-refractivity contribution in [2.24, 2.45) is 0 Å². The fourth-order valence-corrected chi connectivity index (χ4v) is 10.9. The first kappa shape index (κ1) is 45.4. The molecule has 10 aromatic rings. The number of rotatable bonds is 8. The van der Waals surface area contributed by atoms with Crippen LogP contribution in [-0.4, -0.2) is 22.6 Å². The third-order valence-corrected chi connectivity index (χ3v) is 15.9. The smallest absolute Gasteiger partial charge is 0.121 e. The van der Waals surface area contributed by atoms with Crippen molar-refractivity contribution in [3.63, 3.8) is 0 Å². The Morgan fingerprint density at radius 3 is 1.88 bits per heavy atom. The average molecular weight is 1160 g/mol. The summed E-state index contributed by atoms with van der Waals surface area (Å²) < 4.78 is 56.0. The second kappa shape index (κ2) is 20.6. The maximum absolute atomic E-state index is 7.82. The molecule has 0 aliphatic rings.